The van der Waals surface area contributed by atoms with Crippen molar-refractivity contribution in [3.63, 3.8) is 0 Å². The summed E-state index contributed by atoms with van der Waals surface area (Å²) in [7, 11) is 4.08. The van der Waals surface area contributed by atoms with Crippen molar-refractivity contribution in [2.45, 2.75) is 18.9 Å². The number of para-hydroxylation sites is 1. The van der Waals surface area contributed by atoms with Gasteiger partial charge in [0.25, 0.3) is 5.91 Å². The highest BCUT2D eigenvalue weighted by Crippen LogP contribution is 2.18. The number of hydrogen-bond acceptors (Lipinski definition) is 4. The van der Waals surface area contributed by atoms with Gasteiger partial charge in [0.05, 0.1) is 5.56 Å². The fourth-order valence-electron chi connectivity index (χ4n) is 2.52. The molecule has 0 saturated carbocycles. The average molecular weight is 287 g/mol. The third kappa shape index (κ3) is 3.96. The van der Waals surface area contributed by atoms with Gasteiger partial charge in [0.2, 0.25) is 0 Å². The first-order chi connectivity index (χ1) is 10.1. The normalized spacial score (nSPS) is 18.4. The van der Waals surface area contributed by atoms with Gasteiger partial charge in [0.1, 0.15) is 11.8 Å². The number of nitrogens with zero attached hydrogens (tertiary/aromatic N) is 3. The molecule has 1 aromatic rings. The van der Waals surface area contributed by atoms with Crippen LogP contribution in [0.25, 0.3) is 0 Å². The van der Waals surface area contributed by atoms with Gasteiger partial charge in [-0.05, 0) is 39.1 Å². The second kappa shape index (κ2) is 7.09. The zero-order valence-electron chi connectivity index (χ0n) is 12.6. The molecule has 5 heteroatoms. The van der Waals surface area contributed by atoms with Gasteiger partial charge < -0.3 is 14.5 Å². The first-order valence-electron chi connectivity index (χ1n) is 7.18. The first kappa shape index (κ1) is 15.3. The van der Waals surface area contributed by atoms with E-state index in [4.69, 9.17) is 10.00 Å². The summed E-state index contributed by atoms with van der Waals surface area (Å²) in [4.78, 5) is 16.2. The second-order valence-corrected chi connectivity index (χ2v) is 5.50. The highest BCUT2D eigenvalue weighted by molar-refractivity contribution is 5.78. The minimum absolute atomic E-state index is 0.0150. The number of ether oxygens (including phenoxy) is 1. The number of likely N-dealkylation sites (N-methyl/N-ethyl adjacent to an activating group) is 1. The number of carbonyl (C=O) groups excluding carboxylic acids is 1. The van der Waals surface area contributed by atoms with Crippen LogP contribution in [0.1, 0.15) is 18.4 Å². The SMILES string of the molecule is CN(C)C1CCCN(C(=O)COc2ccccc2C#N)C1. The van der Waals surface area contributed by atoms with Crippen molar-refractivity contribution < 1.29 is 9.53 Å². The molecule has 1 aliphatic heterocycles. The molecule has 21 heavy (non-hydrogen) atoms. The van der Waals surface area contributed by atoms with Crippen molar-refractivity contribution in [2.24, 2.45) is 0 Å². The molecule has 0 radical (unpaired) electrons. The Labute approximate surface area is 125 Å². The van der Waals surface area contributed by atoms with Crippen LogP contribution in [-0.2, 0) is 4.79 Å². The smallest absolute Gasteiger partial charge is 0.260 e. The third-order valence-electron chi connectivity index (χ3n) is 3.84. The van der Waals surface area contributed by atoms with Crippen LogP contribution in [0.4, 0.5) is 0 Å². The molecule has 0 aromatic heterocycles. The number of carbonyl (C=O) groups is 1. The Balaban J connectivity index is 1.91. The van der Waals surface area contributed by atoms with Gasteiger partial charge in [-0.15, -0.1) is 0 Å². The molecular formula is C16H21N3O2. The molecule has 1 saturated heterocycles. The summed E-state index contributed by atoms with van der Waals surface area (Å²) in [5.41, 5.74) is 0.454. The summed E-state index contributed by atoms with van der Waals surface area (Å²) in [6.07, 6.45) is 2.14. The quantitative estimate of drug-likeness (QED) is 0.842. The minimum Gasteiger partial charge on any atom is -0.482 e. The van der Waals surface area contributed by atoms with E-state index in [9.17, 15) is 4.79 Å². The zero-order chi connectivity index (χ0) is 15.2. The van der Waals surface area contributed by atoms with E-state index in [2.05, 4.69) is 11.0 Å². The molecule has 0 spiro atoms. The van der Waals surface area contributed by atoms with Crippen LogP contribution in [0.2, 0.25) is 0 Å². The number of benzene rings is 1. The summed E-state index contributed by atoms with van der Waals surface area (Å²) < 4.78 is 5.51. The molecule has 5 nitrogen and oxygen atoms in total. The first-order valence-corrected chi connectivity index (χ1v) is 7.18. The van der Waals surface area contributed by atoms with E-state index in [0.717, 1.165) is 25.9 Å². The summed E-state index contributed by atoms with van der Waals surface area (Å²) in [5, 5.41) is 9.00. The van der Waals surface area contributed by atoms with Crippen molar-refractivity contribution in [2.75, 3.05) is 33.8 Å². The molecule has 1 atom stereocenters. The van der Waals surface area contributed by atoms with Crippen LogP contribution in [0.15, 0.2) is 24.3 Å². The predicted molar refractivity (Wildman–Crippen MR) is 79.9 cm³/mol. The maximum Gasteiger partial charge on any atom is 0.260 e. The lowest BCUT2D eigenvalue weighted by Gasteiger charge is -2.36. The fraction of sp³-hybridized carbons (Fsp3) is 0.500. The Bertz CT molecular complexity index is 537. The number of piperidine rings is 1. The van der Waals surface area contributed by atoms with Crippen LogP contribution in [0.3, 0.4) is 0 Å². The highest BCUT2D eigenvalue weighted by atomic mass is 16.5. The molecule has 112 valence electrons. The zero-order valence-corrected chi connectivity index (χ0v) is 12.6. The largest absolute Gasteiger partial charge is 0.482 e. The van der Waals surface area contributed by atoms with Gasteiger partial charge in [0, 0.05) is 19.1 Å². The summed E-state index contributed by atoms with van der Waals surface area (Å²) in [6, 6.07) is 9.44. The van der Waals surface area contributed by atoms with Crippen molar-refractivity contribution in [1.29, 1.82) is 5.26 Å². The van der Waals surface area contributed by atoms with E-state index in [1.807, 2.05) is 19.0 Å². The van der Waals surface area contributed by atoms with Crippen LogP contribution >= 0.6 is 0 Å². The molecule has 1 unspecified atom stereocenters. The van der Waals surface area contributed by atoms with E-state index >= 15 is 0 Å². The molecular weight excluding hydrogens is 266 g/mol. The summed E-state index contributed by atoms with van der Waals surface area (Å²) >= 11 is 0. The number of likely N-dealkylation sites (tertiary alicyclic amines) is 1. The van der Waals surface area contributed by atoms with Gasteiger partial charge in [-0.2, -0.15) is 5.26 Å². The van der Waals surface area contributed by atoms with E-state index in [-0.39, 0.29) is 12.5 Å². The van der Waals surface area contributed by atoms with Crippen molar-refractivity contribution in [3.8, 4) is 11.8 Å². The Morgan fingerprint density at radius 1 is 1.48 bits per heavy atom. The molecule has 1 aromatic carbocycles. The highest BCUT2D eigenvalue weighted by Gasteiger charge is 2.25. The van der Waals surface area contributed by atoms with Gasteiger partial charge >= 0.3 is 0 Å². The van der Waals surface area contributed by atoms with Gasteiger partial charge in [-0.1, -0.05) is 12.1 Å². The van der Waals surface area contributed by atoms with Crippen molar-refractivity contribution in [1.82, 2.24) is 9.80 Å². The van der Waals surface area contributed by atoms with Gasteiger partial charge in [-0.3, -0.25) is 4.79 Å². The number of amides is 1. The molecule has 0 bridgehead atoms. The van der Waals surface area contributed by atoms with E-state index < -0.39 is 0 Å². The molecule has 1 amide bonds. The Hall–Kier alpha value is -2.06. The van der Waals surface area contributed by atoms with E-state index in [1.54, 1.807) is 24.3 Å². The lowest BCUT2D eigenvalue weighted by Crippen LogP contribution is -2.48. The number of rotatable bonds is 4. The van der Waals surface area contributed by atoms with Crippen LogP contribution < -0.4 is 4.74 Å². The Morgan fingerprint density at radius 2 is 2.24 bits per heavy atom. The van der Waals surface area contributed by atoms with E-state index in [0.29, 0.717) is 17.4 Å². The predicted octanol–water partition coefficient (Wildman–Crippen LogP) is 1.49. The number of nitriles is 1. The number of hydrogen-bond donors (Lipinski definition) is 0. The molecule has 1 aliphatic rings. The maximum atomic E-state index is 12.2. The van der Waals surface area contributed by atoms with E-state index in [1.165, 1.54) is 0 Å². The fourth-order valence-corrected chi connectivity index (χ4v) is 2.52. The van der Waals surface area contributed by atoms with Crippen molar-refractivity contribution >= 4 is 5.91 Å². The van der Waals surface area contributed by atoms with Gasteiger partial charge in [0.15, 0.2) is 6.61 Å². The standard InChI is InChI=1S/C16H21N3O2/c1-18(2)14-7-5-9-19(11-14)16(20)12-21-15-8-4-3-6-13(15)10-17/h3-4,6,8,14H,5,7,9,11-12H2,1-2H3. The molecule has 0 N–H and O–H groups in total. The molecule has 1 heterocycles. The Kier molecular flexibility index (Phi) is 5.18. The van der Waals surface area contributed by atoms with Crippen LogP contribution in [0.5, 0.6) is 5.75 Å². The van der Waals surface area contributed by atoms with Gasteiger partial charge in [-0.25, -0.2) is 0 Å². The minimum atomic E-state index is -0.0192. The van der Waals surface area contributed by atoms with Crippen LogP contribution in [-0.4, -0.2) is 55.5 Å². The lowest BCUT2D eigenvalue weighted by atomic mass is 10.1. The summed E-state index contributed by atoms with van der Waals surface area (Å²) in [6.45, 7) is 1.51. The molecule has 2 rings (SSSR count). The maximum absolute atomic E-state index is 12.2. The monoisotopic (exact) mass is 287 g/mol. The molecule has 0 aliphatic carbocycles. The average Bonchev–Trinajstić information content (AvgIpc) is 2.52. The summed E-state index contributed by atoms with van der Waals surface area (Å²) in [5.74, 6) is 0.448. The molecule has 1 fully saturated rings. The Morgan fingerprint density at radius 3 is 2.95 bits per heavy atom. The third-order valence-corrected chi connectivity index (χ3v) is 3.84. The topological polar surface area (TPSA) is 56.6 Å². The lowest BCUT2D eigenvalue weighted by molar-refractivity contribution is -0.135. The second-order valence-electron chi connectivity index (χ2n) is 5.50. The van der Waals surface area contributed by atoms with Crippen molar-refractivity contribution in [3.05, 3.63) is 29.8 Å². The van der Waals surface area contributed by atoms with Crippen LogP contribution in [0, 0.1) is 11.3 Å².